The summed E-state index contributed by atoms with van der Waals surface area (Å²) < 4.78 is 5.50. The van der Waals surface area contributed by atoms with Crippen molar-refractivity contribution < 1.29 is 4.42 Å². The normalized spacial score (nSPS) is 16.6. The number of thiophene rings is 2. The van der Waals surface area contributed by atoms with E-state index >= 15 is 0 Å². The Hall–Kier alpha value is -3.00. The van der Waals surface area contributed by atoms with Crippen LogP contribution in [0, 0.1) is 0 Å². The number of benzene rings is 1. The van der Waals surface area contributed by atoms with Crippen molar-refractivity contribution in [1.29, 1.82) is 0 Å². The first-order chi connectivity index (χ1) is 15.3. The van der Waals surface area contributed by atoms with Gasteiger partial charge in [-0.15, -0.1) is 22.7 Å². The third-order valence-electron chi connectivity index (χ3n) is 5.81. The third kappa shape index (κ3) is 3.26. The van der Waals surface area contributed by atoms with Gasteiger partial charge in [-0.25, -0.2) is 4.98 Å². The molecule has 1 N–H and O–H groups in total. The number of hydrogen-bond donors (Lipinski definition) is 1. The monoisotopic (exact) mass is 445 g/mol. The zero-order valence-corrected chi connectivity index (χ0v) is 18.2. The highest BCUT2D eigenvalue weighted by molar-refractivity contribution is 7.17. The molecule has 0 saturated carbocycles. The number of aromatic amines is 1. The number of rotatable bonds is 4. The smallest absolute Gasteiger partial charge is 0.260 e. The fraction of sp³-hybridized carbons (Fsp3) is 0.167. The van der Waals surface area contributed by atoms with Crippen LogP contribution in [0.1, 0.15) is 27.9 Å². The molecule has 0 spiro atoms. The van der Waals surface area contributed by atoms with Crippen LogP contribution in [0.4, 0.5) is 0 Å². The molecule has 154 valence electrons. The number of aromatic nitrogens is 2. The minimum Gasteiger partial charge on any atom is -0.464 e. The fourth-order valence-corrected chi connectivity index (χ4v) is 6.29. The SMILES string of the molecule is O=c1[nH]c(CN2CCc3sccc3C2c2ccccc2)nc2scc(-c3ccco3)c12. The average Bonchev–Trinajstić information content (AvgIpc) is 3.54. The predicted molar refractivity (Wildman–Crippen MR) is 125 cm³/mol. The van der Waals surface area contributed by atoms with Gasteiger partial charge in [-0.1, -0.05) is 30.3 Å². The number of fused-ring (bicyclic) bond motifs is 2. The number of nitrogens with zero attached hydrogens (tertiary/aromatic N) is 2. The van der Waals surface area contributed by atoms with Crippen LogP contribution < -0.4 is 5.56 Å². The molecule has 4 aromatic heterocycles. The highest BCUT2D eigenvalue weighted by Crippen LogP contribution is 2.38. The van der Waals surface area contributed by atoms with E-state index in [1.54, 1.807) is 6.26 Å². The fourth-order valence-electron chi connectivity index (χ4n) is 4.44. The maximum absolute atomic E-state index is 13.0. The zero-order chi connectivity index (χ0) is 20.8. The molecule has 1 aliphatic rings. The number of furan rings is 1. The molecular formula is C24H19N3O2S2. The molecule has 31 heavy (non-hydrogen) atoms. The molecule has 0 aliphatic carbocycles. The summed E-state index contributed by atoms with van der Waals surface area (Å²) in [4.78, 5) is 25.4. The second kappa shape index (κ2) is 7.60. The minimum absolute atomic E-state index is 0.114. The molecule has 5 nitrogen and oxygen atoms in total. The maximum atomic E-state index is 13.0. The zero-order valence-electron chi connectivity index (χ0n) is 16.6. The highest BCUT2D eigenvalue weighted by atomic mass is 32.1. The van der Waals surface area contributed by atoms with Gasteiger partial charge < -0.3 is 9.40 Å². The van der Waals surface area contributed by atoms with Gasteiger partial charge in [0.2, 0.25) is 0 Å². The van der Waals surface area contributed by atoms with Crippen molar-refractivity contribution in [1.82, 2.24) is 14.9 Å². The number of H-pyrrole nitrogens is 1. The van der Waals surface area contributed by atoms with Gasteiger partial charge in [-0.05, 0) is 41.1 Å². The molecule has 1 aromatic carbocycles. The lowest BCUT2D eigenvalue weighted by molar-refractivity contribution is 0.201. The second-order valence-corrected chi connectivity index (χ2v) is 9.51. The van der Waals surface area contributed by atoms with Gasteiger partial charge in [0.1, 0.15) is 16.4 Å². The molecule has 0 amide bonds. The van der Waals surface area contributed by atoms with Gasteiger partial charge in [0, 0.05) is 22.4 Å². The van der Waals surface area contributed by atoms with E-state index in [-0.39, 0.29) is 11.6 Å². The van der Waals surface area contributed by atoms with Crippen molar-refractivity contribution >= 4 is 32.9 Å². The first-order valence-electron chi connectivity index (χ1n) is 10.2. The Bertz CT molecular complexity index is 1400. The van der Waals surface area contributed by atoms with Gasteiger partial charge in [-0.3, -0.25) is 9.69 Å². The van der Waals surface area contributed by atoms with Crippen LogP contribution in [0.25, 0.3) is 21.5 Å². The minimum atomic E-state index is -0.114. The Labute approximate surface area is 186 Å². The van der Waals surface area contributed by atoms with Crippen LogP contribution >= 0.6 is 22.7 Å². The van der Waals surface area contributed by atoms with Crippen LogP contribution in [0.5, 0.6) is 0 Å². The topological polar surface area (TPSA) is 62.1 Å². The molecule has 6 rings (SSSR count). The van der Waals surface area contributed by atoms with Gasteiger partial charge in [0.25, 0.3) is 5.56 Å². The Kier molecular flexibility index (Phi) is 4.60. The molecule has 1 unspecified atom stereocenters. The van der Waals surface area contributed by atoms with Crippen molar-refractivity contribution in [2.75, 3.05) is 6.54 Å². The predicted octanol–water partition coefficient (Wildman–Crippen LogP) is 5.45. The standard InChI is InChI=1S/C24H19N3O2S2/c28-23-21-17(18-7-4-11-29-18)14-31-24(21)26-20(25-23)13-27-10-8-19-16(9-12-30-19)22(27)15-5-2-1-3-6-15/h1-7,9,11-12,14,22H,8,10,13H2,(H,25,26,28). The van der Waals surface area contributed by atoms with Crippen molar-refractivity contribution in [3.8, 4) is 11.3 Å². The molecule has 0 radical (unpaired) electrons. The lowest BCUT2D eigenvalue weighted by Crippen LogP contribution is -2.35. The summed E-state index contributed by atoms with van der Waals surface area (Å²) in [5.74, 6) is 1.39. The molecule has 0 fully saturated rings. The molecule has 7 heteroatoms. The second-order valence-electron chi connectivity index (χ2n) is 7.65. The van der Waals surface area contributed by atoms with Gasteiger partial charge >= 0.3 is 0 Å². The Morgan fingerprint density at radius 3 is 2.87 bits per heavy atom. The summed E-state index contributed by atoms with van der Waals surface area (Å²) in [7, 11) is 0. The average molecular weight is 446 g/mol. The van der Waals surface area contributed by atoms with E-state index in [1.165, 1.54) is 27.3 Å². The van der Waals surface area contributed by atoms with Crippen molar-refractivity contribution in [3.63, 3.8) is 0 Å². The number of hydrogen-bond acceptors (Lipinski definition) is 6. The quantitative estimate of drug-likeness (QED) is 0.399. The molecule has 5 heterocycles. The van der Waals surface area contributed by atoms with E-state index in [1.807, 2.05) is 34.9 Å². The van der Waals surface area contributed by atoms with Gasteiger partial charge in [0.05, 0.1) is 24.2 Å². The van der Waals surface area contributed by atoms with Gasteiger partial charge in [0.15, 0.2) is 0 Å². The van der Waals surface area contributed by atoms with Crippen LogP contribution in [0.2, 0.25) is 0 Å². The summed E-state index contributed by atoms with van der Waals surface area (Å²) in [5, 5.41) is 4.72. The third-order valence-corrected chi connectivity index (χ3v) is 7.68. The molecule has 0 saturated heterocycles. The summed E-state index contributed by atoms with van der Waals surface area (Å²) in [5.41, 5.74) is 3.31. The Morgan fingerprint density at radius 1 is 1.13 bits per heavy atom. The first kappa shape index (κ1) is 18.7. The van der Waals surface area contributed by atoms with Crippen molar-refractivity contribution in [3.05, 3.63) is 97.7 Å². The lowest BCUT2D eigenvalue weighted by atomic mass is 9.93. The summed E-state index contributed by atoms with van der Waals surface area (Å²) >= 11 is 3.31. The van der Waals surface area contributed by atoms with Crippen LogP contribution in [-0.2, 0) is 13.0 Å². The van der Waals surface area contributed by atoms with Crippen molar-refractivity contribution in [2.24, 2.45) is 0 Å². The molecule has 0 bridgehead atoms. The van der Waals surface area contributed by atoms with E-state index in [2.05, 4.69) is 45.6 Å². The van der Waals surface area contributed by atoms with Crippen LogP contribution in [0.15, 0.2) is 74.8 Å². The van der Waals surface area contributed by atoms with E-state index in [0.717, 1.165) is 23.4 Å². The van der Waals surface area contributed by atoms with Crippen LogP contribution in [-0.4, -0.2) is 21.4 Å². The molecular weight excluding hydrogens is 426 g/mol. The van der Waals surface area contributed by atoms with E-state index in [4.69, 9.17) is 9.40 Å². The summed E-state index contributed by atoms with van der Waals surface area (Å²) in [6.07, 6.45) is 2.64. The maximum Gasteiger partial charge on any atom is 0.260 e. The van der Waals surface area contributed by atoms with E-state index in [9.17, 15) is 4.79 Å². The Balaban J connectivity index is 1.38. The van der Waals surface area contributed by atoms with Crippen LogP contribution in [0.3, 0.4) is 0 Å². The highest BCUT2D eigenvalue weighted by Gasteiger charge is 2.30. The number of nitrogens with one attached hydrogen (secondary N) is 1. The summed E-state index contributed by atoms with van der Waals surface area (Å²) in [6, 6.07) is 16.7. The summed E-state index contributed by atoms with van der Waals surface area (Å²) in [6.45, 7) is 1.52. The molecule has 1 aliphatic heterocycles. The Morgan fingerprint density at radius 2 is 2.03 bits per heavy atom. The van der Waals surface area contributed by atoms with E-state index in [0.29, 0.717) is 23.5 Å². The lowest BCUT2D eigenvalue weighted by Gasteiger charge is -2.35. The first-order valence-corrected chi connectivity index (χ1v) is 11.9. The molecule has 1 atom stereocenters. The van der Waals surface area contributed by atoms with Gasteiger partial charge in [-0.2, -0.15) is 0 Å². The largest absolute Gasteiger partial charge is 0.464 e. The van der Waals surface area contributed by atoms with E-state index < -0.39 is 0 Å². The van der Waals surface area contributed by atoms with Crippen molar-refractivity contribution in [2.45, 2.75) is 19.0 Å². The molecule has 5 aromatic rings.